The molecule has 1 N–H and O–H groups in total. The number of ether oxygens (including phenoxy) is 2. The van der Waals surface area contributed by atoms with E-state index < -0.39 is 6.04 Å². The molecule has 7 heteroatoms. The molecule has 2 heterocycles. The summed E-state index contributed by atoms with van der Waals surface area (Å²) in [6.45, 7) is 1.12. The predicted molar refractivity (Wildman–Crippen MR) is 93.9 cm³/mol. The lowest BCUT2D eigenvalue weighted by atomic mass is 10.1. The number of methoxy groups -OCH3 is 1. The standard InChI is InChI=1S/C19H22N2O5/c1-24-11-9-20-18(22)16-12-15(26-14-6-3-2-4-7-14)13-21(16)19(23)17-8-5-10-25-17/h2-8,10,15-16H,9,11-13H2,1H3,(H,20,22)/t15-,16+/m0/s1. The highest BCUT2D eigenvalue weighted by atomic mass is 16.5. The molecular formula is C19H22N2O5. The molecule has 1 saturated heterocycles. The van der Waals surface area contributed by atoms with Gasteiger partial charge >= 0.3 is 0 Å². The molecule has 2 amide bonds. The quantitative estimate of drug-likeness (QED) is 0.762. The van der Waals surface area contributed by atoms with Crippen molar-refractivity contribution in [3.05, 3.63) is 54.5 Å². The van der Waals surface area contributed by atoms with Crippen LogP contribution in [0.3, 0.4) is 0 Å². The smallest absolute Gasteiger partial charge is 0.290 e. The van der Waals surface area contributed by atoms with Gasteiger partial charge in [-0.15, -0.1) is 0 Å². The lowest BCUT2D eigenvalue weighted by molar-refractivity contribution is -0.125. The van der Waals surface area contributed by atoms with Gasteiger partial charge < -0.3 is 24.1 Å². The Morgan fingerprint density at radius 2 is 2.04 bits per heavy atom. The van der Waals surface area contributed by atoms with Gasteiger partial charge in [0.25, 0.3) is 5.91 Å². The van der Waals surface area contributed by atoms with Crippen LogP contribution in [0.1, 0.15) is 17.0 Å². The van der Waals surface area contributed by atoms with Crippen molar-refractivity contribution in [1.82, 2.24) is 10.2 Å². The van der Waals surface area contributed by atoms with Crippen LogP contribution in [-0.2, 0) is 9.53 Å². The SMILES string of the molecule is COCCNC(=O)[C@H]1C[C@H](Oc2ccccc2)CN1C(=O)c1ccco1. The summed E-state index contributed by atoms with van der Waals surface area (Å²) in [4.78, 5) is 26.8. The average molecular weight is 358 g/mol. The fraction of sp³-hybridized carbons (Fsp3) is 0.368. The Bertz CT molecular complexity index is 717. The Balaban J connectivity index is 1.72. The minimum absolute atomic E-state index is 0.208. The second kappa shape index (κ2) is 8.53. The van der Waals surface area contributed by atoms with Gasteiger partial charge in [0.1, 0.15) is 17.9 Å². The molecule has 3 rings (SSSR count). The molecule has 0 saturated carbocycles. The van der Waals surface area contributed by atoms with Crippen molar-refractivity contribution >= 4 is 11.8 Å². The third-order valence-electron chi connectivity index (χ3n) is 4.21. The zero-order chi connectivity index (χ0) is 18.4. The number of likely N-dealkylation sites (tertiary alicyclic amines) is 1. The third-order valence-corrected chi connectivity index (χ3v) is 4.21. The number of hydrogen-bond donors (Lipinski definition) is 1. The maximum Gasteiger partial charge on any atom is 0.290 e. The first kappa shape index (κ1) is 18.0. The van der Waals surface area contributed by atoms with Gasteiger partial charge in [0, 0.05) is 20.1 Å². The van der Waals surface area contributed by atoms with Crippen molar-refractivity contribution in [3.63, 3.8) is 0 Å². The highest BCUT2D eigenvalue weighted by molar-refractivity contribution is 5.96. The van der Waals surface area contributed by atoms with Crippen LogP contribution in [0.25, 0.3) is 0 Å². The number of nitrogens with zero attached hydrogens (tertiary/aromatic N) is 1. The average Bonchev–Trinajstić information content (AvgIpc) is 3.32. The number of amides is 2. The molecule has 1 aliphatic heterocycles. The van der Waals surface area contributed by atoms with Crippen molar-refractivity contribution in [2.75, 3.05) is 26.8 Å². The second-order valence-electron chi connectivity index (χ2n) is 6.02. The summed E-state index contributed by atoms with van der Waals surface area (Å²) in [5.74, 6) is 0.380. The van der Waals surface area contributed by atoms with Crippen LogP contribution in [0.5, 0.6) is 5.75 Å². The molecular weight excluding hydrogens is 336 g/mol. The fourth-order valence-electron chi connectivity index (χ4n) is 2.98. The lowest BCUT2D eigenvalue weighted by Gasteiger charge is -2.22. The van der Waals surface area contributed by atoms with Crippen LogP contribution < -0.4 is 10.1 Å². The van der Waals surface area contributed by atoms with E-state index in [4.69, 9.17) is 13.9 Å². The van der Waals surface area contributed by atoms with Gasteiger partial charge in [-0.1, -0.05) is 18.2 Å². The van der Waals surface area contributed by atoms with Gasteiger partial charge in [-0.25, -0.2) is 0 Å². The molecule has 0 bridgehead atoms. The van der Waals surface area contributed by atoms with Gasteiger partial charge in [0.15, 0.2) is 5.76 Å². The van der Waals surface area contributed by atoms with Crippen molar-refractivity contribution in [1.29, 1.82) is 0 Å². The molecule has 1 aromatic heterocycles. The van der Waals surface area contributed by atoms with E-state index in [2.05, 4.69) is 5.32 Å². The lowest BCUT2D eigenvalue weighted by Crippen LogP contribution is -2.46. The Hall–Kier alpha value is -2.80. The van der Waals surface area contributed by atoms with E-state index in [1.807, 2.05) is 30.3 Å². The van der Waals surface area contributed by atoms with Crippen LogP contribution in [0.4, 0.5) is 0 Å². The summed E-state index contributed by atoms with van der Waals surface area (Å²) < 4.78 is 16.1. The molecule has 26 heavy (non-hydrogen) atoms. The van der Waals surface area contributed by atoms with Crippen molar-refractivity contribution in [2.45, 2.75) is 18.6 Å². The molecule has 138 valence electrons. The molecule has 0 radical (unpaired) electrons. The topological polar surface area (TPSA) is 81.0 Å². The van der Waals surface area contributed by atoms with Crippen LogP contribution in [0, 0.1) is 0 Å². The number of rotatable bonds is 7. The first-order chi connectivity index (χ1) is 12.7. The van der Waals surface area contributed by atoms with Crippen LogP contribution in [-0.4, -0.2) is 55.7 Å². The first-order valence-electron chi connectivity index (χ1n) is 8.52. The minimum Gasteiger partial charge on any atom is -0.488 e. The summed E-state index contributed by atoms with van der Waals surface area (Å²) in [5, 5.41) is 2.80. The highest BCUT2D eigenvalue weighted by Gasteiger charge is 2.41. The van der Waals surface area contributed by atoms with Gasteiger partial charge in [0.2, 0.25) is 5.91 Å². The minimum atomic E-state index is -0.613. The number of nitrogens with one attached hydrogen (secondary N) is 1. The molecule has 0 unspecified atom stereocenters. The molecule has 2 aromatic rings. The second-order valence-corrected chi connectivity index (χ2v) is 6.02. The number of carbonyl (C=O) groups is 2. The maximum absolute atomic E-state index is 12.7. The number of furan rings is 1. The number of benzene rings is 1. The summed E-state index contributed by atoms with van der Waals surface area (Å²) in [7, 11) is 1.57. The monoisotopic (exact) mass is 358 g/mol. The Labute approximate surface area is 151 Å². The van der Waals surface area contributed by atoms with Gasteiger partial charge in [-0.3, -0.25) is 9.59 Å². The van der Waals surface area contributed by atoms with Crippen LogP contribution in [0.2, 0.25) is 0 Å². The normalized spacial score (nSPS) is 19.3. The van der Waals surface area contributed by atoms with E-state index in [-0.39, 0.29) is 23.7 Å². The Morgan fingerprint density at radius 3 is 2.73 bits per heavy atom. The molecule has 1 fully saturated rings. The van der Waals surface area contributed by atoms with Crippen molar-refractivity contribution < 1.29 is 23.5 Å². The summed E-state index contributed by atoms with van der Waals surface area (Å²) in [6.07, 6.45) is 1.59. The van der Waals surface area contributed by atoms with E-state index in [1.54, 1.807) is 19.2 Å². The van der Waals surface area contributed by atoms with Gasteiger partial charge in [-0.05, 0) is 24.3 Å². The van der Waals surface area contributed by atoms with Crippen LogP contribution >= 0.6 is 0 Å². The predicted octanol–water partition coefficient (Wildman–Crippen LogP) is 1.70. The van der Waals surface area contributed by atoms with Crippen LogP contribution in [0.15, 0.2) is 53.1 Å². The van der Waals surface area contributed by atoms with Crippen molar-refractivity contribution in [3.8, 4) is 5.75 Å². The largest absolute Gasteiger partial charge is 0.488 e. The number of hydrogen-bond acceptors (Lipinski definition) is 5. The Kier molecular flexibility index (Phi) is 5.91. The molecule has 7 nitrogen and oxygen atoms in total. The zero-order valence-corrected chi connectivity index (χ0v) is 14.6. The molecule has 1 aliphatic rings. The highest BCUT2D eigenvalue weighted by Crippen LogP contribution is 2.25. The van der Waals surface area contributed by atoms with E-state index >= 15 is 0 Å². The molecule has 2 atom stereocenters. The van der Waals surface area contributed by atoms with E-state index in [9.17, 15) is 9.59 Å². The third kappa shape index (κ3) is 4.23. The fourth-order valence-corrected chi connectivity index (χ4v) is 2.98. The number of para-hydroxylation sites is 1. The van der Waals surface area contributed by atoms with E-state index in [0.717, 1.165) is 0 Å². The number of carbonyl (C=O) groups excluding carboxylic acids is 2. The Morgan fingerprint density at radius 1 is 1.23 bits per heavy atom. The molecule has 0 spiro atoms. The van der Waals surface area contributed by atoms with Gasteiger partial charge in [0.05, 0.1) is 19.4 Å². The maximum atomic E-state index is 12.7. The van der Waals surface area contributed by atoms with Gasteiger partial charge in [-0.2, -0.15) is 0 Å². The zero-order valence-electron chi connectivity index (χ0n) is 14.6. The molecule has 1 aromatic carbocycles. The summed E-state index contributed by atoms with van der Waals surface area (Å²) in [6, 6.07) is 12.0. The first-order valence-corrected chi connectivity index (χ1v) is 8.52. The molecule has 0 aliphatic carbocycles. The van der Waals surface area contributed by atoms with Crippen molar-refractivity contribution in [2.24, 2.45) is 0 Å². The summed E-state index contributed by atoms with van der Waals surface area (Å²) in [5.41, 5.74) is 0. The van der Waals surface area contributed by atoms with E-state index in [1.165, 1.54) is 11.2 Å². The summed E-state index contributed by atoms with van der Waals surface area (Å²) >= 11 is 0. The van der Waals surface area contributed by atoms with E-state index in [0.29, 0.717) is 31.9 Å².